The zero-order valence-corrected chi connectivity index (χ0v) is 12.7. The molecule has 0 aromatic carbocycles. The SMILES string of the molecule is C=CCc1cc(NC(=O)NCCCCC)c(C(=O)NC)[nH]1. The minimum Gasteiger partial charge on any atom is -0.354 e. The van der Waals surface area contributed by atoms with Crippen molar-refractivity contribution in [2.24, 2.45) is 0 Å². The molecule has 6 nitrogen and oxygen atoms in total. The molecular weight excluding hydrogens is 268 g/mol. The number of H-pyrrole nitrogens is 1. The lowest BCUT2D eigenvalue weighted by molar-refractivity contribution is 0.0959. The zero-order valence-electron chi connectivity index (χ0n) is 12.7. The van der Waals surface area contributed by atoms with Crippen LogP contribution in [0.3, 0.4) is 0 Å². The first-order chi connectivity index (χ1) is 10.1. The Hall–Kier alpha value is -2.24. The largest absolute Gasteiger partial charge is 0.354 e. The third kappa shape index (κ3) is 5.33. The first kappa shape index (κ1) is 16.8. The third-order valence-electron chi connectivity index (χ3n) is 3.01. The van der Waals surface area contributed by atoms with Crippen LogP contribution in [-0.2, 0) is 6.42 Å². The highest BCUT2D eigenvalue weighted by molar-refractivity contribution is 6.02. The van der Waals surface area contributed by atoms with Crippen molar-refractivity contribution in [2.75, 3.05) is 18.9 Å². The first-order valence-corrected chi connectivity index (χ1v) is 7.22. The molecule has 0 saturated carbocycles. The van der Waals surface area contributed by atoms with Crippen molar-refractivity contribution in [3.63, 3.8) is 0 Å². The molecule has 0 bridgehead atoms. The Balaban J connectivity index is 2.69. The van der Waals surface area contributed by atoms with Gasteiger partial charge in [0.05, 0.1) is 5.69 Å². The molecule has 0 aliphatic carbocycles. The number of urea groups is 1. The van der Waals surface area contributed by atoms with Gasteiger partial charge in [0.25, 0.3) is 5.91 Å². The van der Waals surface area contributed by atoms with E-state index >= 15 is 0 Å². The number of anilines is 1. The molecule has 0 aliphatic heterocycles. The average molecular weight is 292 g/mol. The molecular formula is C15H24N4O2. The van der Waals surface area contributed by atoms with E-state index in [1.165, 1.54) is 0 Å². The van der Waals surface area contributed by atoms with Crippen molar-refractivity contribution in [1.82, 2.24) is 15.6 Å². The lowest BCUT2D eigenvalue weighted by atomic mass is 10.2. The third-order valence-corrected chi connectivity index (χ3v) is 3.01. The number of carbonyl (C=O) groups is 2. The Morgan fingerprint density at radius 3 is 2.76 bits per heavy atom. The molecule has 3 amide bonds. The summed E-state index contributed by atoms with van der Waals surface area (Å²) < 4.78 is 0. The van der Waals surface area contributed by atoms with Crippen molar-refractivity contribution in [1.29, 1.82) is 0 Å². The maximum atomic E-state index is 11.8. The quantitative estimate of drug-likeness (QED) is 0.438. The molecule has 4 N–H and O–H groups in total. The molecule has 6 heteroatoms. The molecule has 0 radical (unpaired) electrons. The maximum absolute atomic E-state index is 11.8. The van der Waals surface area contributed by atoms with Gasteiger partial charge in [-0.3, -0.25) is 4.79 Å². The number of unbranched alkanes of at least 4 members (excludes halogenated alkanes) is 2. The van der Waals surface area contributed by atoms with Gasteiger partial charge in [0.15, 0.2) is 0 Å². The first-order valence-electron chi connectivity index (χ1n) is 7.22. The van der Waals surface area contributed by atoms with Gasteiger partial charge in [-0.15, -0.1) is 6.58 Å². The second kappa shape index (κ2) is 8.84. The van der Waals surface area contributed by atoms with Crippen LogP contribution in [0, 0.1) is 0 Å². The van der Waals surface area contributed by atoms with E-state index in [1.54, 1.807) is 19.2 Å². The number of amides is 3. The van der Waals surface area contributed by atoms with E-state index in [4.69, 9.17) is 0 Å². The molecule has 1 aromatic rings. The van der Waals surface area contributed by atoms with Crippen LogP contribution in [0.25, 0.3) is 0 Å². The number of rotatable bonds is 8. The van der Waals surface area contributed by atoms with Crippen molar-refractivity contribution in [2.45, 2.75) is 32.6 Å². The summed E-state index contributed by atoms with van der Waals surface area (Å²) in [6, 6.07) is 1.44. The Morgan fingerprint density at radius 2 is 2.14 bits per heavy atom. The molecule has 21 heavy (non-hydrogen) atoms. The van der Waals surface area contributed by atoms with Gasteiger partial charge >= 0.3 is 6.03 Å². The monoisotopic (exact) mass is 292 g/mol. The Kier molecular flexibility index (Phi) is 7.08. The van der Waals surface area contributed by atoms with Gasteiger partial charge < -0.3 is 20.9 Å². The Labute approximate surface area is 125 Å². The fourth-order valence-electron chi connectivity index (χ4n) is 1.92. The highest BCUT2D eigenvalue weighted by atomic mass is 16.2. The number of carbonyl (C=O) groups excluding carboxylic acids is 2. The predicted octanol–water partition coefficient (Wildman–Crippen LogP) is 2.41. The smallest absolute Gasteiger partial charge is 0.319 e. The van der Waals surface area contributed by atoms with E-state index in [0.717, 1.165) is 25.0 Å². The maximum Gasteiger partial charge on any atom is 0.319 e. The van der Waals surface area contributed by atoms with Crippen molar-refractivity contribution < 1.29 is 9.59 Å². The van der Waals surface area contributed by atoms with E-state index < -0.39 is 0 Å². The van der Waals surface area contributed by atoms with Crippen LogP contribution >= 0.6 is 0 Å². The number of hydrogen-bond donors (Lipinski definition) is 4. The molecule has 0 spiro atoms. The van der Waals surface area contributed by atoms with Crippen molar-refractivity contribution >= 4 is 17.6 Å². The van der Waals surface area contributed by atoms with Crippen LogP contribution in [0.15, 0.2) is 18.7 Å². The number of hydrogen-bond acceptors (Lipinski definition) is 2. The minimum absolute atomic E-state index is 0.272. The summed E-state index contributed by atoms with van der Waals surface area (Å²) in [5, 5.41) is 8.02. The summed E-state index contributed by atoms with van der Waals surface area (Å²) in [6.45, 7) is 6.39. The Bertz CT molecular complexity index is 494. The van der Waals surface area contributed by atoms with Gasteiger partial charge in [-0.25, -0.2) is 4.79 Å². The van der Waals surface area contributed by atoms with Gasteiger partial charge in [0.1, 0.15) is 5.69 Å². The van der Waals surface area contributed by atoms with E-state index in [2.05, 4.69) is 34.4 Å². The average Bonchev–Trinajstić information content (AvgIpc) is 2.86. The van der Waals surface area contributed by atoms with E-state index in [-0.39, 0.29) is 11.9 Å². The molecule has 0 fully saturated rings. The fraction of sp³-hybridized carbons (Fsp3) is 0.467. The number of aromatic nitrogens is 1. The Morgan fingerprint density at radius 1 is 1.38 bits per heavy atom. The standard InChI is InChI=1S/C15H24N4O2/c1-4-6-7-9-17-15(21)19-12-10-11(8-5-2)18-13(12)14(20)16-3/h5,10,18H,2,4,6-9H2,1,3H3,(H,16,20)(H2,17,19,21). The van der Waals surface area contributed by atoms with Crippen LogP contribution in [0.2, 0.25) is 0 Å². The number of nitrogens with one attached hydrogen (secondary N) is 4. The van der Waals surface area contributed by atoms with Crippen LogP contribution in [-0.4, -0.2) is 30.5 Å². The van der Waals surface area contributed by atoms with Gasteiger partial charge in [0, 0.05) is 25.7 Å². The molecule has 0 saturated heterocycles. The minimum atomic E-state index is -0.305. The topological polar surface area (TPSA) is 86.0 Å². The van der Waals surface area contributed by atoms with Gasteiger partial charge in [-0.1, -0.05) is 25.8 Å². The van der Waals surface area contributed by atoms with Crippen LogP contribution in [0.5, 0.6) is 0 Å². The molecule has 0 unspecified atom stereocenters. The van der Waals surface area contributed by atoms with Crippen molar-refractivity contribution in [3.8, 4) is 0 Å². The zero-order chi connectivity index (χ0) is 15.7. The van der Waals surface area contributed by atoms with Crippen LogP contribution < -0.4 is 16.0 Å². The molecule has 116 valence electrons. The molecule has 1 aromatic heterocycles. The van der Waals surface area contributed by atoms with Gasteiger partial charge in [-0.05, 0) is 12.5 Å². The summed E-state index contributed by atoms with van der Waals surface area (Å²) in [4.78, 5) is 26.6. The molecule has 0 atom stereocenters. The van der Waals surface area contributed by atoms with Crippen LogP contribution in [0.4, 0.5) is 10.5 Å². The molecule has 1 rings (SSSR count). The summed E-state index contributed by atoms with van der Waals surface area (Å²) in [5.74, 6) is -0.272. The van der Waals surface area contributed by atoms with E-state index in [0.29, 0.717) is 24.3 Å². The predicted molar refractivity (Wildman–Crippen MR) is 84.6 cm³/mol. The second-order valence-corrected chi connectivity index (χ2v) is 4.74. The highest BCUT2D eigenvalue weighted by Crippen LogP contribution is 2.18. The molecule has 1 heterocycles. The highest BCUT2D eigenvalue weighted by Gasteiger charge is 2.15. The van der Waals surface area contributed by atoms with E-state index in [1.807, 2.05) is 0 Å². The lowest BCUT2D eigenvalue weighted by Crippen LogP contribution is -2.30. The normalized spacial score (nSPS) is 10.0. The molecule has 0 aliphatic rings. The second-order valence-electron chi connectivity index (χ2n) is 4.74. The summed E-state index contributed by atoms with van der Waals surface area (Å²) in [5.41, 5.74) is 1.64. The number of allylic oxidation sites excluding steroid dienone is 1. The summed E-state index contributed by atoms with van der Waals surface area (Å²) in [6.07, 6.45) is 5.46. The summed E-state index contributed by atoms with van der Waals surface area (Å²) in [7, 11) is 1.55. The van der Waals surface area contributed by atoms with Crippen LogP contribution in [0.1, 0.15) is 42.4 Å². The van der Waals surface area contributed by atoms with E-state index in [9.17, 15) is 9.59 Å². The lowest BCUT2D eigenvalue weighted by Gasteiger charge is -2.07. The van der Waals surface area contributed by atoms with Crippen molar-refractivity contribution in [3.05, 3.63) is 30.1 Å². The van der Waals surface area contributed by atoms with Gasteiger partial charge in [-0.2, -0.15) is 0 Å². The number of aromatic amines is 1. The van der Waals surface area contributed by atoms with Gasteiger partial charge in [0.2, 0.25) is 0 Å². The summed E-state index contributed by atoms with van der Waals surface area (Å²) >= 11 is 0. The fourth-order valence-corrected chi connectivity index (χ4v) is 1.92.